The summed E-state index contributed by atoms with van der Waals surface area (Å²) in [5.41, 5.74) is 3.17. The third-order valence-corrected chi connectivity index (χ3v) is 4.57. The molecule has 0 aliphatic heterocycles. The van der Waals surface area contributed by atoms with Crippen LogP contribution in [0.1, 0.15) is 22.8 Å². The normalized spacial score (nSPS) is 11.9. The zero-order valence-electron chi connectivity index (χ0n) is 13.2. The van der Waals surface area contributed by atoms with Crippen LogP contribution in [0.2, 0.25) is 0 Å². The van der Waals surface area contributed by atoms with Gasteiger partial charge in [0.05, 0.1) is 6.10 Å². The molecule has 0 amide bonds. The maximum atomic E-state index is 10.4. The van der Waals surface area contributed by atoms with Gasteiger partial charge in [0.25, 0.3) is 0 Å². The minimum atomic E-state index is -0.506. The topological polar surface area (TPSA) is 29.5 Å². The lowest BCUT2D eigenvalue weighted by Gasteiger charge is -2.12. The van der Waals surface area contributed by atoms with Gasteiger partial charge in [-0.2, -0.15) is 0 Å². The SMILES string of the molecule is OC(Cc1ccc(I)cc1)c1ccc(OCc2ccccc2)cc1. The van der Waals surface area contributed by atoms with E-state index in [9.17, 15) is 5.11 Å². The van der Waals surface area contributed by atoms with Gasteiger partial charge < -0.3 is 9.84 Å². The fourth-order valence-electron chi connectivity index (χ4n) is 2.49. The molecule has 1 atom stereocenters. The van der Waals surface area contributed by atoms with Gasteiger partial charge >= 0.3 is 0 Å². The quantitative estimate of drug-likeness (QED) is 0.549. The summed E-state index contributed by atoms with van der Waals surface area (Å²) in [5, 5.41) is 10.4. The minimum absolute atomic E-state index is 0.506. The molecule has 3 aromatic rings. The van der Waals surface area contributed by atoms with Crippen LogP contribution in [0, 0.1) is 3.57 Å². The van der Waals surface area contributed by atoms with E-state index in [2.05, 4.69) is 46.9 Å². The zero-order chi connectivity index (χ0) is 16.8. The first-order chi connectivity index (χ1) is 11.7. The Bertz CT molecular complexity index is 752. The second-order valence-electron chi connectivity index (χ2n) is 5.69. The highest BCUT2D eigenvalue weighted by Gasteiger charge is 2.09. The van der Waals surface area contributed by atoms with Gasteiger partial charge in [-0.3, -0.25) is 0 Å². The standard InChI is InChI=1S/C21H19IO2/c22-19-10-6-16(7-11-19)14-21(23)18-8-12-20(13-9-18)24-15-17-4-2-1-3-5-17/h1-13,21,23H,14-15H2. The van der Waals surface area contributed by atoms with E-state index in [0.717, 1.165) is 22.4 Å². The summed E-state index contributed by atoms with van der Waals surface area (Å²) in [6.45, 7) is 0.547. The molecular weight excluding hydrogens is 411 g/mol. The number of hydrogen-bond acceptors (Lipinski definition) is 2. The van der Waals surface area contributed by atoms with Gasteiger partial charge in [0.2, 0.25) is 0 Å². The summed E-state index contributed by atoms with van der Waals surface area (Å²) in [7, 11) is 0. The highest BCUT2D eigenvalue weighted by atomic mass is 127. The van der Waals surface area contributed by atoms with Crippen molar-refractivity contribution in [1.29, 1.82) is 0 Å². The van der Waals surface area contributed by atoms with Crippen LogP contribution in [0.3, 0.4) is 0 Å². The fourth-order valence-corrected chi connectivity index (χ4v) is 2.85. The number of rotatable bonds is 6. The molecule has 24 heavy (non-hydrogen) atoms. The smallest absolute Gasteiger partial charge is 0.119 e. The van der Waals surface area contributed by atoms with Crippen molar-refractivity contribution in [2.75, 3.05) is 0 Å². The maximum Gasteiger partial charge on any atom is 0.119 e. The number of ether oxygens (including phenoxy) is 1. The van der Waals surface area contributed by atoms with Crippen LogP contribution < -0.4 is 4.74 Å². The fraction of sp³-hybridized carbons (Fsp3) is 0.143. The van der Waals surface area contributed by atoms with Gasteiger partial charge in [0.15, 0.2) is 0 Å². The van der Waals surface area contributed by atoms with Gasteiger partial charge in [-0.15, -0.1) is 0 Å². The van der Waals surface area contributed by atoms with Crippen molar-refractivity contribution in [2.24, 2.45) is 0 Å². The molecule has 0 fully saturated rings. The molecule has 0 aromatic heterocycles. The Hall–Kier alpha value is -1.85. The van der Waals surface area contributed by atoms with E-state index in [-0.39, 0.29) is 0 Å². The second kappa shape index (κ2) is 8.31. The van der Waals surface area contributed by atoms with Crippen molar-refractivity contribution in [2.45, 2.75) is 19.1 Å². The van der Waals surface area contributed by atoms with Crippen LogP contribution in [0.4, 0.5) is 0 Å². The Labute approximate surface area is 156 Å². The molecule has 122 valence electrons. The summed E-state index contributed by atoms with van der Waals surface area (Å²) in [6, 6.07) is 26.0. The third-order valence-electron chi connectivity index (χ3n) is 3.86. The molecule has 3 aromatic carbocycles. The monoisotopic (exact) mass is 430 g/mol. The Morgan fingerprint density at radius 1 is 0.792 bits per heavy atom. The van der Waals surface area contributed by atoms with Crippen LogP contribution >= 0.6 is 22.6 Å². The van der Waals surface area contributed by atoms with E-state index < -0.39 is 6.10 Å². The van der Waals surface area contributed by atoms with E-state index in [1.165, 1.54) is 3.57 Å². The van der Waals surface area contributed by atoms with E-state index in [4.69, 9.17) is 4.74 Å². The van der Waals surface area contributed by atoms with Crippen molar-refractivity contribution in [3.8, 4) is 5.75 Å². The first kappa shape index (κ1) is 17.0. The summed E-state index contributed by atoms with van der Waals surface area (Å²) >= 11 is 2.28. The molecule has 1 unspecified atom stereocenters. The summed E-state index contributed by atoms with van der Waals surface area (Å²) in [5.74, 6) is 0.809. The molecule has 0 spiro atoms. The number of hydrogen-bond donors (Lipinski definition) is 1. The Kier molecular flexibility index (Phi) is 5.88. The van der Waals surface area contributed by atoms with Crippen LogP contribution in [-0.4, -0.2) is 5.11 Å². The van der Waals surface area contributed by atoms with Crippen molar-refractivity contribution >= 4 is 22.6 Å². The van der Waals surface area contributed by atoms with E-state index in [1.54, 1.807) is 0 Å². The predicted molar refractivity (Wildman–Crippen MR) is 105 cm³/mol. The van der Waals surface area contributed by atoms with Gasteiger partial charge in [0.1, 0.15) is 12.4 Å². The molecule has 1 N–H and O–H groups in total. The summed E-state index contributed by atoms with van der Waals surface area (Å²) in [6.07, 6.45) is 0.106. The molecule has 0 aliphatic rings. The first-order valence-electron chi connectivity index (χ1n) is 7.90. The second-order valence-corrected chi connectivity index (χ2v) is 6.94. The van der Waals surface area contributed by atoms with E-state index in [1.807, 2.05) is 54.6 Å². The summed E-state index contributed by atoms with van der Waals surface area (Å²) < 4.78 is 6.98. The van der Waals surface area contributed by atoms with Crippen molar-refractivity contribution in [3.05, 3.63) is 99.1 Å². The number of aliphatic hydroxyl groups excluding tert-OH is 1. The van der Waals surface area contributed by atoms with Crippen LogP contribution in [-0.2, 0) is 13.0 Å². The van der Waals surface area contributed by atoms with Crippen LogP contribution in [0.15, 0.2) is 78.9 Å². The highest BCUT2D eigenvalue weighted by molar-refractivity contribution is 14.1. The maximum absolute atomic E-state index is 10.4. The average Bonchev–Trinajstić information content (AvgIpc) is 2.63. The lowest BCUT2D eigenvalue weighted by molar-refractivity contribution is 0.178. The average molecular weight is 430 g/mol. The Balaban J connectivity index is 1.58. The van der Waals surface area contributed by atoms with Crippen LogP contribution in [0.25, 0.3) is 0 Å². The van der Waals surface area contributed by atoms with Gasteiger partial charge in [-0.05, 0) is 63.5 Å². The number of benzene rings is 3. The van der Waals surface area contributed by atoms with E-state index >= 15 is 0 Å². The largest absolute Gasteiger partial charge is 0.489 e. The van der Waals surface area contributed by atoms with E-state index in [0.29, 0.717) is 13.0 Å². The predicted octanol–water partition coefficient (Wildman–Crippen LogP) is 5.15. The third kappa shape index (κ3) is 4.82. The minimum Gasteiger partial charge on any atom is -0.489 e. The summed E-state index contributed by atoms with van der Waals surface area (Å²) in [4.78, 5) is 0. The lowest BCUT2D eigenvalue weighted by atomic mass is 10.0. The van der Waals surface area contributed by atoms with Gasteiger partial charge in [0, 0.05) is 9.99 Å². The number of aliphatic hydroxyl groups is 1. The molecule has 0 aliphatic carbocycles. The molecule has 3 heteroatoms. The van der Waals surface area contributed by atoms with Crippen molar-refractivity contribution < 1.29 is 9.84 Å². The van der Waals surface area contributed by atoms with Crippen molar-refractivity contribution in [1.82, 2.24) is 0 Å². The first-order valence-corrected chi connectivity index (χ1v) is 8.98. The molecule has 0 saturated carbocycles. The molecule has 2 nitrogen and oxygen atoms in total. The zero-order valence-corrected chi connectivity index (χ0v) is 15.4. The molecule has 0 bridgehead atoms. The highest BCUT2D eigenvalue weighted by Crippen LogP contribution is 2.22. The van der Waals surface area contributed by atoms with Crippen LogP contribution in [0.5, 0.6) is 5.75 Å². The lowest BCUT2D eigenvalue weighted by Crippen LogP contribution is -2.02. The van der Waals surface area contributed by atoms with Gasteiger partial charge in [-0.25, -0.2) is 0 Å². The Morgan fingerprint density at radius 2 is 1.46 bits per heavy atom. The number of halogens is 1. The van der Waals surface area contributed by atoms with Gasteiger partial charge in [-0.1, -0.05) is 54.6 Å². The van der Waals surface area contributed by atoms with Crippen molar-refractivity contribution in [3.63, 3.8) is 0 Å². The molecule has 0 heterocycles. The molecule has 0 saturated heterocycles. The molecule has 0 radical (unpaired) electrons. The molecule has 3 rings (SSSR count). The molecular formula is C21H19IO2. The Morgan fingerprint density at radius 3 is 2.12 bits per heavy atom.